The van der Waals surface area contributed by atoms with Crippen LogP contribution in [-0.2, 0) is 9.53 Å². The Hall–Kier alpha value is -1.34. The minimum atomic E-state index is -1.04. The molecule has 3 atom stereocenters. The van der Waals surface area contributed by atoms with Crippen molar-refractivity contribution in [1.82, 2.24) is 10.2 Å². The molecule has 0 aromatic carbocycles. The average Bonchev–Trinajstić information content (AvgIpc) is 2.87. The van der Waals surface area contributed by atoms with Crippen LogP contribution in [-0.4, -0.2) is 66.1 Å². The summed E-state index contributed by atoms with van der Waals surface area (Å²) < 4.78 is 4.87. The van der Waals surface area contributed by atoms with Crippen molar-refractivity contribution in [3.05, 3.63) is 0 Å². The maximum Gasteiger partial charge on any atom is 0.326 e. The third kappa shape index (κ3) is 4.97. The summed E-state index contributed by atoms with van der Waals surface area (Å²) in [5.41, 5.74) is 0. The maximum atomic E-state index is 12.0. The lowest BCUT2D eigenvalue weighted by Crippen LogP contribution is -2.47. The van der Waals surface area contributed by atoms with Gasteiger partial charge >= 0.3 is 12.0 Å². The first-order chi connectivity index (χ1) is 9.45. The zero-order chi connectivity index (χ0) is 15.1. The quantitative estimate of drug-likeness (QED) is 0.584. The van der Waals surface area contributed by atoms with Gasteiger partial charge in [0.1, 0.15) is 6.04 Å². The molecule has 2 amide bonds. The third-order valence-electron chi connectivity index (χ3n) is 3.63. The molecule has 0 aromatic rings. The van der Waals surface area contributed by atoms with E-state index in [0.29, 0.717) is 32.5 Å². The van der Waals surface area contributed by atoms with Crippen LogP contribution in [0.4, 0.5) is 4.79 Å². The number of likely N-dealkylation sites (tertiary alicyclic amines) is 1. The van der Waals surface area contributed by atoms with Crippen molar-refractivity contribution in [2.45, 2.75) is 38.3 Å². The number of ether oxygens (including phenoxy) is 1. The molecule has 0 spiro atoms. The lowest BCUT2D eigenvalue weighted by Gasteiger charge is -2.21. The van der Waals surface area contributed by atoms with Gasteiger partial charge in [0.25, 0.3) is 0 Å². The first kappa shape index (κ1) is 16.7. The number of carbonyl (C=O) groups is 2. The highest BCUT2D eigenvalue weighted by atomic mass is 16.5. The fourth-order valence-corrected chi connectivity index (χ4v) is 2.30. The Labute approximate surface area is 118 Å². The van der Waals surface area contributed by atoms with Crippen LogP contribution in [0.5, 0.6) is 0 Å². The van der Waals surface area contributed by atoms with Crippen molar-refractivity contribution in [1.29, 1.82) is 0 Å². The van der Waals surface area contributed by atoms with Crippen LogP contribution in [0.15, 0.2) is 0 Å². The van der Waals surface area contributed by atoms with E-state index < -0.39 is 18.1 Å². The zero-order valence-corrected chi connectivity index (χ0v) is 12.0. The number of urea groups is 1. The number of aliphatic hydroxyl groups excluding tert-OH is 1. The number of nitrogens with zero attached hydrogens (tertiary/aromatic N) is 1. The van der Waals surface area contributed by atoms with Gasteiger partial charge < -0.3 is 25.2 Å². The van der Waals surface area contributed by atoms with Crippen molar-refractivity contribution in [2.24, 2.45) is 5.92 Å². The van der Waals surface area contributed by atoms with Crippen molar-refractivity contribution in [3.63, 3.8) is 0 Å². The zero-order valence-electron chi connectivity index (χ0n) is 12.0. The number of amides is 2. The number of carboxylic acid groups (broad SMARTS) is 1. The highest BCUT2D eigenvalue weighted by Crippen LogP contribution is 2.19. The van der Waals surface area contributed by atoms with Gasteiger partial charge in [-0.1, -0.05) is 0 Å². The van der Waals surface area contributed by atoms with Crippen LogP contribution in [0.25, 0.3) is 0 Å². The second-order valence-corrected chi connectivity index (χ2v) is 5.21. The molecule has 116 valence electrons. The van der Waals surface area contributed by atoms with E-state index in [2.05, 4.69) is 5.32 Å². The number of nitrogens with one attached hydrogen (secondary N) is 1. The smallest absolute Gasteiger partial charge is 0.326 e. The normalized spacial score (nSPS) is 21.6. The molecule has 1 saturated heterocycles. The number of carboxylic acids is 1. The van der Waals surface area contributed by atoms with Crippen LogP contribution >= 0.6 is 0 Å². The molecular formula is C13H24N2O5. The molecular weight excluding hydrogens is 264 g/mol. The first-order valence-electron chi connectivity index (χ1n) is 6.91. The summed E-state index contributed by atoms with van der Waals surface area (Å²) >= 11 is 0. The second-order valence-electron chi connectivity index (χ2n) is 5.21. The topological polar surface area (TPSA) is 99.1 Å². The van der Waals surface area contributed by atoms with E-state index >= 15 is 0 Å². The van der Waals surface area contributed by atoms with Gasteiger partial charge in [-0.15, -0.1) is 0 Å². The summed E-state index contributed by atoms with van der Waals surface area (Å²) in [5.74, 6) is -0.974. The van der Waals surface area contributed by atoms with E-state index in [1.54, 1.807) is 18.9 Å². The molecule has 0 aliphatic carbocycles. The standard InChI is InChI=1S/C13H24N2O5/c1-9(16)10-5-6-15(8-10)13(19)14-11(12(17)18)4-3-7-20-2/h9-11,16H,3-8H2,1-2H3,(H,14,19)(H,17,18). The minimum absolute atomic E-state index is 0.0671. The maximum absolute atomic E-state index is 12.0. The molecule has 0 aromatic heterocycles. The van der Waals surface area contributed by atoms with E-state index in [1.165, 1.54) is 0 Å². The SMILES string of the molecule is COCCCC(NC(=O)N1CCC(C(C)O)C1)C(=O)O. The van der Waals surface area contributed by atoms with Gasteiger partial charge in [-0.25, -0.2) is 9.59 Å². The summed E-state index contributed by atoms with van der Waals surface area (Å²) in [7, 11) is 1.55. The highest BCUT2D eigenvalue weighted by Gasteiger charge is 2.30. The number of aliphatic carboxylic acids is 1. The lowest BCUT2D eigenvalue weighted by atomic mass is 10.0. The summed E-state index contributed by atoms with van der Waals surface area (Å²) in [6.45, 7) is 3.18. The van der Waals surface area contributed by atoms with E-state index in [-0.39, 0.29) is 11.9 Å². The summed E-state index contributed by atoms with van der Waals surface area (Å²) in [6, 6.07) is -1.28. The van der Waals surface area contributed by atoms with Gasteiger partial charge in [0.2, 0.25) is 0 Å². The number of methoxy groups -OCH3 is 1. The average molecular weight is 288 g/mol. The third-order valence-corrected chi connectivity index (χ3v) is 3.63. The van der Waals surface area contributed by atoms with Gasteiger partial charge in [-0.05, 0) is 26.2 Å². The predicted molar refractivity (Wildman–Crippen MR) is 72.4 cm³/mol. The van der Waals surface area contributed by atoms with E-state index in [0.717, 1.165) is 6.42 Å². The molecule has 7 heteroatoms. The van der Waals surface area contributed by atoms with Crippen molar-refractivity contribution in [3.8, 4) is 0 Å². The summed E-state index contributed by atoms with van der Waals surface area (Å²) in [4.78, 5) is 24.7. The molecule has 3 unspecified atom stereocenters. The number of hydrogen-bond donors (Lipinski definition) is 3. The summed E-state index contributed by atoms with van der Waals surface area (Å²) in [5, 5.41) is 21.1. The molecule has 1 rings (SSSR count). The molecule has 1 fully saturated rings. The molecule has 20 heavy (non-hydrogen) atoms. The van der Waals surface area contributed by atoms with Gasteiger partial charge in [0.15, 0.2) is 0 Å². The highest BCUT2D eigenvalue weighted by molar-refractivity contribution is 5.82. The summed E-state index contributed by atoms with van der Waals surface area (Å²) in [6.07, 6.45) is 1.20. The van der Waals surface area contributed by atoms with Crippen LogP contribution in [0, 0.1) is 5.92 Å². The molecule has 0 saturated carbocycles. The van der Waals surface area contributed by atoms with Crippen LogP contribution in [0.1, 0.15) is 26.2 Å². The number of rotatable bonds is 7. The molecule has 0 radical (unpaired) electrons. The van der Waals surface area contributed by atoms with Crippen molar-refractivity contribution in [2.75, 3.05) is 26.8 Å². The van der Waals surface area contributed by atoms with E-state index in [9.17, 15) is 14.7 Å². The van der Waals surface area contributed by atoms with E-state index in [4.69, 9.17) is 9.84 Å². The Morgan fingerprint density at radius 1 is 1.50 bits per heavy atom. The first-order valence-corrected chi connectivity index (χ1v) is 6.91. The number of carbonyl (C=O) groups excluding carboxylic acids is 1. The molecule has 7 nitrogen and oxygen atoms in total. The minimum Gasteiger partial charge on any atom is -0.480 e. The van der Waals surface area contributed by atoms with Crippen LogP contribution in [0.3, 0.4) is 0 Å². The monoisotopic (exact) mass is 288 g/mol. The number of hydrogen-bond acceptors (Lipinski definition) is 4. The van der Waals surface area contributed by atoms with Crippen LogP contribution < -0.4 is 5.32 Å². The van der Waals surface area contributed by atoms with Gasteiger partial charge in [-0.3, -0.25) is 0 Å². The molecule has 1 heterocycles. The van der Waals surface area contributed by atoms with E-state index in [1.807, 2.05) is 0 Å². The van der Waals surface area contributed by atoms with Crippen molar-refractivity contribution < 1.29 is 24.5 Å². The molecule has 3 N–H and O–H groups in total. The molecule has 1 aliphatic rings. The van der Waals surface area contributed by atoms with Gasteiger partial charge in [0, 0.05) is 32.7 Å². The fraction of sp³-hybridized carbons (Fsp3) is 0.846. The largest absolute Gasteiger partial charge is 0.480 e. The Bertz CT molecular complexity index is 335. The fourth-order valence-electron chi connectivity index (χ4n) is 2.30. The predicted octanol–water partition coefficient (Wildman–Crippen LogP) is 0.279. The Morgan fingerprint density at radius 2 is 2.20 bits per heavy atom. The second kappa shape index (κ2) is 8.06. The van der Waals surface area contributed by atoms with Gasteiger partial charge in [0.05, 0.1) is 6.10 Å². The van der Waals surface area contributed by atoms with Crippen LogP contribution in [0.2, 0.25) is 0 Å². The van der Waals surface area contributed by atoms with Gasteiger partial charge in [-0.2, -0.15) is 0 Å². The number of aliphatic hydroxyl groups is 1. The Balaban J connectivity index is 2.44. The van der Waals surface area contributed by atoms with Crippen molar-refractivity contribution >= 4 is 12.0 Å². The Kier molecular flexibility index (Phi) is 6.74. The molecule has 1 aliphatic heterocycles. The Morgan fingerprint density at radius 3 is 2.70 bits per heavy atom. The molecule has 0 bridgehead atoms. The lowest BCUT2D eigenvalue weighted by molar-refractivity contribution is -0.139.